The second-order valence-electron chi connectivity index (χ2n) is 4.30. The summed E-state index contributed by atoms with van der Waals surface area (Å²) in [4.78, 5) is 2.08. The highest BCUT2D eigenvalue weighted by Crippen LogP contribution is 2.23. The molecule has 1 aromatic rings. The van der Waals surface area contributed by atoms with Gasteiger partial charge in [-0.3, -0.25) is 5.41 Å². The monoisotopic (exact) mass is 235 g/mol. The van der Waals surface area contributed by atoms with E-state index in [1.54, 1.807) is 12.3 Å². The van der Waals surface area contributed by atoms with Gasteiger partial charge in [0, 0.05) is 19.7 Å². The second kappa shape index (κ2) is 5.09. The lowest BCUT2D eigenvalue weighted by Gasteiger charge is -2.32. The van der Waals surface area contributed by atoms with Gasteiger partial charge in [0.25, 0.3) is 0 Å². The van der Waals surface area contributed by atoms with Crippen LogP contribution in [-0.2, 0) is 0 Å². The molecule has 2 heterocycles. The third-order valence-corrected chi connectivity index (χ3v) is 3.16. The summed E-state index contributed by atoms with van der Waals surface area (Å²) in [5.74, 6) is 1.07. The Balaban J connectivity index is 2.15. The fourth-order valence-corrected chi connectivity index (χ4v) is 2.10. The predicted molar refractivity (Wildman–Crippen MR) is 65.1 cm³/mol. The zero-order valence-corrected chi connectivity index (χ0v) is 9.63. The topological polar surface area (TPSA) is 99.1 Å². The number of nitrogen functional groups attached to an aromatic ring is 1. The summed E-state index contributed by atoms with van der Waals surface area (Å²) in [6.45, 7) is 1.89. The molecule has 6 heteroatoms. The van der Waals surface area contributed by atoms with E-state index in [9.17, 15) is 0 Å². The molecule has 1 aromatic heterocycles. The van der Waals surface area contributed by atoms with Crippen LogP contribution in [0.3, 0.4) is 0 Å². The average molecular weight is 235 g/mol. The molecule has 0 saturated carbocycles. The number of anilines is 1. The highest BCUT2D eigenvalue weighted by molar-refractivity contribution is 5.99. The van der Waals surface area contributed by atoms with Crippen molar-refractivity contribution >= 4 is 11.7 Å². The van der Waals surface area contributed by atoms with Crippen molar-refractivity contribution in [3.05, 3.63) is 17.8 Å². The van der Waals surface area contributed by atoms with E-state index in [4.69, 9.17) is 16.2 Å². The summed E-state index contributed by atoms with van der Waals surface area (Å²) < 4.78 is 0. The van der Waals surface area contributed by atoms with Crippen molar-refractivity contribution in [2.75, 3.05) is 24.6 Å². The zero-order valence-electron chi connectivity index (χ0n) is 9.63. The van der Waals surface area contributed by atoms with Crippen LogP contribution in [0.5, 0.6) is 0 Å². The molecular formula is C11H17N5O. The van der Waals surface area contributed by atoms with Crippen LogP contribution in [0, 0.1) is 11.3 Å². The largest absolute Gasteiger partial charge is 0.396 e. The molecule has 0 atom stereocenters. The number of hydrogen-bond donors (Lipinski definition) is 3. The minimum atomic E-state index is 0.0131. The highest BCUT2D eigenvalue weighted by Gasteiger charge is 2.22. The van der Waals surface area contributed by atoms with E-state index in [-0.39, 0.29) is 12.4 Å². The van der Waals surface area contributed by atoms with Gasteiger partial charge in [0.15, 0.2) is 5.82 Å². The normalized spacial score (nSPS) is 17.1. The lowest BCUT2D eigenvalue weighted by atomic mass is 9.97. The second-order valence-corrected chi connectivity index (χ2v) is 4.30. The van der Waals surface area contributed by atoms with Gasteiger partial charge in [-0.1, -0.05) is 0 Å². The Hall–Kier alpha value is -1.69. The summed E-state index contributed by atoms with van der Waals surface area (Å²) in [6.07, 6.45) is 3.41. The molecule has 17 heavy (non-hydrogen) atoms. The van der Waals surface area contributed by atoms with Crippen molar-refractivity contribution < 1.29 is 5.11 Å². The highest BCUT2D eigenvalue weighted by atomic mass is 16.3. The molecule has 92 valence electrons. The Kier molecular flexibility index (Phi) is 3.53. The van der Waals surface area contributed by atoms with E-state index >= 15 is 0 Å². The number of nitrogens with two attached hydrogens (primary N) is 1. The molecule has 0 unspecified atom stereocenters. The van der Waals surface area contributed by atoms with E-state index in [0.717, 1.165) is 25.9 Å². The Morgan fingerprint density at radius 2 is 2.24 bits per heavy atom. The van der Waals surface area contributed by atoms with Gasteiger partial charge in [-0.2, -0.15) is 5.10 Å². The lowest BCUT2D eigenvalue weighted by Crippen LogP contribution is -2.36. The molecule has 0 bridgehead atoms. The van der Waals surface area contributed by atoms with Gasteiger partial charge in [0.2, 0.25) is 0 Å². The number of hydrogen-bond acceptors (Lipinski definition) is 5. The summed E-state index contributed by atoms with van der Waals surface area (Å²) in [7, 11) is 0. The minimum Gasteiger partial charge on any atom is -0.396 e. The van der Waals surface area contributed by atoms with Crippen LogP contribution in [0.1, 0.15) is 18.4 Å². The summed E-state index contributed by atoms with van der Waals surface area (Å²) in [6, 6.07) is 1.71. The van der Waals surface area contributed by atoms with Gasteiger partial charge in [-0.15, -0.1) is 5.10 Å². The lowest BCUT2D eigenvalue weighted by molar-refractivity contribution is 0.202. The molecule has 6 nitrogen and oxygen atoms in total. The number of amidine groups is 1. The average Bonchev–Trinajstić information content (AvgIpc) is 2.39. The maximum Gasteiger partial charge on any atom is 0.162 e. The molecule has 0 amide bonds. The van der Waals surface area contributed by atoms with Gasteiger partial charge in [0.05, 0.1) is 11.8 Å². The third kappa shape index (κ3) is 2.52. The number of rotatable bonds is 3. The quantitative estimate of drug-likeness (QED) is 0.504. The van der Waals surface area contributed by atoms with E-state index in [1.165, 1.54) is 0 Å². The van der Waals surface area contributed by atoms with Gasteiger partial charge < -0.3 is 15.7 Å². The van der Waals surface area contributed by atoms with Crippen LogP contribution in [0.4, 0.5) is 5.82 Å². The van der Waals surface area contributed by atoms with E-state index in [1.807, 2.05) is 0 Å². The van der Waals surface area contributed by atoms with Crippen molar-refractivity contribution in [2.24, 2.45) is 11.7 Å². The molecule has 0 aromatic carbocycles. The Morgan fingerprint density at radius 3 is 2.82 bits per heavy atom. The van der Waals surface area contributed by atoms with Crippen molar-refractivity contribution in [3.8, 4) is 0 Å². The zero-order chi connectivity index (χ0) is 12.3. The Morgan fingerprint density at radius 1 is 1.53 bits per heavy atom. The smallest absolute Gasteiger partial charge is 0.162 e. The van der Waals surface area contributed by atoms with Crippen LogP contribution in [0.15, 0.2) is 12.3 Å². The molecule has 1 aliphatic heterocycles. The van der Waals surface area contributed by atoms with Crippen molar-refractivity contribution in [3.63, 3.8) is 0 Å². The molecule has 0 radical (unpaired) electrons. The molecular weight excluding hydrogens is 218 g/mol. The van der Waals surface area contributed by atoms with Gasteiger partial charge in [0.1, 0.15) is 5.84 Å². The molecule has 0 spiro atoms. The predicted octanol–water partition coefficient (Wildman–Crippen LogP) is -0.0306. The number of piperidine rings is 1. The van der Waals surface area contributed by atoms with Gasteiger partial charge >= 0.3 is 0 Å². The third-order valence-electron chi connectivity index (χ3n) is 3.16. The fraction of sp³-hybridized carbons (Fsp3) is 0.545. The summed E-state index contributed by atoms with van der Waals surface area (Å²) in [5, 5.41) is 24.5. The van der Waals surface area contributed by atoms with E-state index in [2.05, 4.69) is 15.1 Å². The van der Waals surface area contributed by atoms with Crippen LogP contribution < -0.4 is 10.6 Å². The number of nitrogens with zero attached hydrogens (tertiary/aromatic N) is 3. The maximum absolute atomic E-state index is 9.09. The SMILES string of the molecule is N=C(N)c1ccnnc1N1CCC(CO)CC1. The molecule has 1 aliphatic rings. The van der Waals surface area contributed by atoms with E-state index < -0.39 is 0 Å². The first kappa shape index (κ1) is 11.8. The first-order valence-electron chi connectivity index (χ1n) is 5.74. The molecule has 2 rings (SSSR count). The number of nitrogens with one attached hydrogen (secondary N) is 1. The van der Waals surface area contributed by atoms with Gasteiger partial charge in [-0.25, -0.2) is 0 Å². The first-order valence-corrected chi connectivity index (χ1v) is 5.74. The minimum absolute atomic E-state index is 0.0131. The Bertz CT molecular complexity index is 401. The number of aliphatic hydroxyl groups excluding tert-OH is 1. The van der Waals surface area contributed by atoms with E-state index in [0.29, 0.717) is 17.3 Å². The number of aliphatic hydroxyl groups is 1. The molecule has 4 N–H and O–H groups in total. The maximum atomic E-state index is 9.09. The van der Waals surface area contributed by atoms with Gasteiger partial charge in [-0.05, 0) is 24.8 Å². The molecule has 0 aliphatic carbocycles. The molecule has 1 saturated heterocycles. The van der Waals surface area contributed by atoms with Crippen molar-refractivity contribution in [2.45, 2.75) is 12.8 Å². The van der Waals surface area contributed by atoms with Crippen molar-refractivity contribution in [1.82, 2.24) is 10.2 Å². The summed E-state index contributed by atoms with van der Waals surface area (Å²) in [5.41, 5.74) is 6.15. The number of aromatic nitrogens is 2. The first-order chi connectivity index (χ1) is 8.22. The standard InChI is InChI=1S/C11H17N5O/c12-10(13)9-1-4-14-15-11(9)16-5-2-8(7-17)3-6-16/h1,4,8,17H,2-3,5-7H2,(H3,12,13). The Labute approximate surface area is 100.0 Å². The fourth-order valence-electron chi connectivity index (χ4n) is 2.10. The van der Waals surface area contributed by atoms with Crippen LogP contribution in [0.2, 0.25) is 0 Å². The van der Waals surface area contributed by atoms with Crippen LogP contribution in [0.25, 0.3) is 0 Å². The summed E-state index contributed by atoms with van der Waals surface area (Å²) >= 11 is 0. The van der Waals surface area contributed by atoms with Crippen LogP contribution in [-0.4, -0.2) is 40.8 Å². The molecule has 1 fully saturated rings. The van der Waals surface area contributed by atoms with Crippen LogP contribution >= 0.6 is 0 Å². The van der Waals surface area contributed by atoms with Crippen molar-refractivity contribution in [1.29, 1.82) is 5.41 Å².